The molecule has 0 radical (unpaired) electrons. The van der Waals surface area contributed by atoms with Crippen molar-refractivity contribution in [2.75, 3.05) is 29.2 Å². The van der Waals surface area contributed by atoms with Crippen LogP contribution in [0.5, 0.6) is 0 Å². The van der Waals surface area contributed by atoms with E-state index in [1.165, 1.54) is 18.2 Å². The van der Waals surface area contributed by atoms with E-state index in [9.17, 15) is 18.0 Å². The van der Waals surface area contributed by atoms with Gasteiger partial charge in [-0.25, -0.2) is 8.42 Å². The number of carbonyl (C=O) groups excluding carboxylic acids is 2. The van der Waals surface area contributed by atoms with Crippen LogP contribution in [-0.4, -0.2) is 38.4 Å². The molecule has 116 valence electrons. The molecule has 0 atom stereocenters. The summed E-state index contributed by atoms with van der Waals surface area (Å²) in [5.74, 6) is -3.41. The zero-order valence-corrected chi connectivity index (χ0v) is 12.8. The van der Waals surface area contributed by atoms with Gasteiger partial charge in [0.15, 0.2) is 9.84 Å². The molecule has 0 fully saturated rings. The van der Waals surface area contributed by atoms with E-state index in [0.717, 1.165) is 0 Å². The molecule has 0 aliphatic heterocycles. The van der Waals surface area contributed by atoms with Crippen LogP contribution in [0.15, 0.2) is 18.2 Å². The highest BCUT2D eigenvalue weighted by Crippen LogP contribution is 2.23. The highest BCUT2D eigenvalue weighted by molar-refractivity contribution is 7.92. The van der Waals surface area contributed by atoms with Crippen molar-refractivity contribution in [2.24, 2.45) is 0 Å². The molecule has 0 aliphatic rings. The first-order chi connectivity index (χ1) is 9.73. The molecule has 1 aromatic rings. The zero-order valence-electron chi connectivity index (χ0n) is 11.3. The normalized spacial score (nSPS) is 11.0. The first-order valence-corrected chi connectivity index (χ1v) is 8.14. The molecule has 3 N–H and O–H groups in total. The molecule has 1 aromatic carbocycles. The van der Waals surface area contributed by atoms with Gasteiger partial charge in [-0.3, -0.25) is 9.59 Å². The Labute approximate surface area is 127 Å². The van der Waals surface area contributed by atoms with Gasteiger partial charge < -0.3 is 15.8 Å². The van der Waals surface area contributed by atoms with Crippen LogP contribution < -0.4 is 11.1 Å². The van der Waals surface area contributed by atoms with Crippen LogP contribution in [0.25, 0.3) is 0 Å². The molecular formula is C12H15ClN2O5S. The minimum atomic E-state index is -3.91. The van der Waals surface area contributed by atoms with Crippen molar-refractivity contribution in [3.05, 3.63) is 23.2 Å². The van der Waals surface area contributed by atoms with Gasteiger partial charge in [0.25, 0.3) is 0 Å². The second kappa shape index (κ2) is 7.28. The van der Waals surface area contributed by atoms with Gasteiger partial charge in [-0.1, -0.05) is 11.6 Å². The number of nitrogen functional groups attached to an aromatic ring is 1. The molecule has 9 heteroatoms. The Hall–Kier alpha value is -1.80. The summed E-state index contributed by atoms with van der Waals surface area (Å²) in [4.78, 5) is 22.8. The second-order valence-electron chi connectivity index (χ2n) is 4.12. The standard InChI is InChI=1S/C12H15ClN2O5S/c1-2-20-12(17)7-21(18,19)6-11(16)15-10-5-8(14)3-4-9(10)13/h3-5H,2,6-7,14H2,1H3,(H,15,16). The van der Waals surface area contributed by atoms with E-state index >= 15 is 0 Å². The van der Waals surface area contributed by atoms with Crippen LogP contribution in [-0.2, 0) is 24.2 Å². The van der Waals surface area contributed by atoms with E-state index in [4.69, 9.17) is 17.3 Å². The fourth-order valence-corrected chi connectivity index (χ4v) is 2.64. The molecule has 0 spiro atoms. The van der Waals surface area contributed by atoms with Gasteiger partial charge in [0.2, 0.25) is 5.91 Å². The van der Waals surface area contributed by atoms with E-state index in [0.29, 0.717) is 5.69 Å². The van der Waals surface area contributed by atoms with Gasteiger partial charge in [-0.15, -0.1) is 0 Å². The maximum absolute atomic E-state index is 11.7. The monoisotopic (exact) mass is 334 g/mol. The van der Waals surface area contributed by atoms with Crippen LogP contribution in [0.4, 0.5) is 11.4 Å². The number of carbonyl (C=O) groups is 2. The highest BCUT2D eigenvalue weighted by Gasteiger charge is 2.22. The molecule has 0 aromatic heterocycles. The van der Waals surface area contributed by atoms with Crippen molar-refractivity contribution in [3.63, 3.8) is 0 Å². The van der Waals surface area contributed by atoms with Crippen LogP contribution >= 0.6 is 11.6 Å². The Morgan fingerprint density at radius 2 is 2.00 bits per heavy atom. The molecule has 0 bridgehead atoms. The Bertz CT molecular complexity index is 645. The van der Waals surface area contributed by atoms with Gasteiger partial charge in [-0.05, 0) is 25.1 Å². The Morgan fingerprint density at radius 1 is 1.33 bits per heavy atom. The van der Waals surface area contributed by atoms with Gasteiger partial charge >= 0.3 is 5.97 Å². The number of hydrogen-bond acceptors (Lipinski definition) is 6. The SMILES string of the molecule is CCOC(=O)CS(=O)(=O)CC(=O)Nc1cc(N)ccc1Cl. The number of hydrogen-bond donors (Lipinski definition) is 2. The van der Waals surface area contributed by atoms with Crippen molar-refractivity contribution < 1.29 is 22.7 Å². The number of amides is 1. The van der Waals surface area contributed by atoms with Crippen LogP contribution in [0, 0.1) is 0 Å². The van der Waals surface area contributed by atoms with E-state index < -0.39 is 33.2 Å². The number of nitrogens with one attached hydrogen (secondary N) is 1. The lowest BCUT2D eigenvalue weighted by Crippen LogP contribution is -2.28. The van der Waals surface area contributed by atoms with Crippen LogP contribution in [0.2, 0.25) is 5.02 Å². The van der Waals surface area contributed by atoms with E-state index in [1.54, 1.807) is 6.92 Å². The summed E-state index contributed by atoms with van der Waals surface area (Å²) >= 11 is 5.84. The lowest BCUT2D eigenvalue weighted by molar-refractivity contribution is -0.139. The van der Waals surface area contributed by atoms with E-state index in [-0.39, 0.29) is 17.3 Å². The first-order valence-electron chi connectivity index (χ1n) is 5.94. The summed E-state index contributed by atoms with van der Waals surface area (Å²) in [5, 5.41) is 2.55. The molecule has 7 nitrogen and oxygen atoms in total. The van der Waals surface area contributed by atoms with Crippen molar-refractivity contribution >= 4 is 44.7 Å². The number of esters is 1. The minimum Gasteiger partial charge on any atom is -0.465 e. The smallest absolute Gasteiger partial charge is 0.321 e. The van der Waals surface area contributed by atoms with Crippen LogP contribution in [0.3, 0.4) is 0 Å². The van der Waals surface area contributed by atoms with Gasteiger partial charge in [0.1, 0.15) is 11.5 Å². The minimum absolute atomic E-state index is 0.0689. The number of nitrogens with two attached hydrogens (primary N) is 1. The molecule has 0 unspecified atom stereocenters. The molecule has 0 heterocycles. The van der Waals surface area contributed by atoms with Crippen molar-refractivity contribution in [1.29, 1.82) is 0 Å². The number of anilines is 2. The number of halogens is 1. The highest BCUT2D eigenvalue weighted by atomic mass is 35.5. The first kappa shape index (κ1) is 17.3. The van der Waals surface area contributed by atoms with Crippen molar-refractivity contribution in [3.8, 4) is 0 Å². The molecule has 0 aliphatic carbocycles. The van der Waals surface area contributed by atoms with Crippen molar-refractivity contribution in [2.45, 2.75) is 6.92 Å². The summed E-state index contributed by atoms with van der Waals surface area (Å²) in [7, 11) is -3.91. The largest absolute Gasteiger partial charge is 0.465 e. The number of sulfone groups is 1. The molecule has 1 rings (SSSR count). The predicted octanol–water partition coefficient (Wildman–Crippen LogP) is 0.839. The fraction of sp³-hybridized carbons (Fsp3) is 0.333. The Kier molecular flexibility index (Phi) is 5.98. The maximum Gasteiger partial charge on any atom is 0.321 e. The third-order valence-corrected chi connectivity index (χ3v) is 3.97. The zero-order chi connectivity index (χ0) is 16.0. The summed E-state index contributed by atoms with van der Waals surface area (Å²) in [5.41, 5.74) is 6.11. The lowest BCUT2D eigenvalue weighted by atomic mass is 10.3. The topological polar surface area (TPSA) is 116 Å². The second-order valence-corrected chi connectivity index (χ2v) is 6.60. The van der Waals surface area contributed by atoms with E-state index in [1.807, 2.05) is 0 Å². The van der Waals surface area contributed by atoms with Crippen LogP contribution in [0.1, 0.15) is 6.92 Å². The maximum atomic E-state index is 11.7. The molecular weight excluding hydrogens is 320 g/mol. The molecule has 1 amide bonds. The third kappa shape index (κ3) is 6.01. The van der Waals surface area contributed by atoms with Gasteiger partial charge in [0, 0.05) is 5.69 Å². The summed E-state index contributed by atoms with van der Waals surface area (Å²) in [6.45, 7) is 1.62. The fourth-order valence-electron chi connectivity index (χ4n) is 1.46. The Balaban J connectivity index is 2.68. The third-order valence-electron chi connectivity index (χ3n) is 2.26. The summed E-state index contributed by atoms with van der Waals surface area (Å²) in [6, 6.07) is 4.41. The van der Waals surface area contributed by atoms with Crippen molar-refractivity contribution in [1.82, 2.24) is 0 Å². The summed E-state index contributed by atoms with van der Waals surface area (Å²) < 4.78 is 27.8. The lowest BCUT2D eigenvalue weighted by Gasteiger charge is -2.08. The molecule has 21 heavy (non-hydrogen) atoms. The number of rotatable bonds is 6. The predicted molar refractivity (Wildman–Crippen MR) is 79.8 cm³/mol. The van der Waals surface area contributed by atoms with E-state index in [2.05, 4.69) is 10.1 Å². The van der Waals surface area contributed by atoms with Gasteiger partial charge in [-0.2, -0.15) is 0 Å². The Morgan fingerprint density at radius 3 is 2.62 bits per heavy atom. The molecule has 0 saturated carbocycles. The average molecular weight is 335 g/mol. The average Bonchev–Trinajstić information content (AvgIpc) is 2.32. The quantitative estimate of drug-likeness (QED) is 0.588. The number of ether oxygens (including phenoxy) is 1. The summed E-state index contributed by atoms with van der Waals surface area (Å²) in [6.07, 6.45) is 0. The molecule has 0 saturated heterocycles. The number of benzene rings is 1. The van der Waals surface area contributed by atoms with Gasteiger partial charge in [0.05, 0.1) is 17.3 Å².